The average Bonchev–Trinajstić information content (AvgIpc) is 2.88. The Balaban J connectivity index is 1.74. The second-order valence-electron chi connectivity index (χ2n) is 4.73. The number of benzene rings is 2. The van der Waals surface area contributed by atoms with E-state index < -0.39 is 0 Å². The van der Waals surface area contributed by atoms with Gasteiger partial charge in [0.05, 0.1) is 0 Å². The summed E-state index contributed by atoms with van der Waals surface area (Å²) in [5, 5.41) is 3.54. The molecule has 1 aromatic heterocycles. The average molecular weight is 394 g/mol. The molecule has 3 aromatic rings. The quantitative estimate of drug-likeness (QED) is 0.652. The van der Waals surface area contributed by atoms with Gasteiger partial charge in [-0.05, 0) is 64.6 Å². The van der Waals surface area contributed by atoms with E-state index in [0.29, 0.717) is 17.6 Å². The van der Waals surface area contributed by atoms with Gasteiger partial charge in [-0.25, -0.2) is 4.39 Å². The number of aromatic nitrogens is 1. The zero-order valence-corrected chi connectivity index (χ0v) is 13.1. The monoisotopic (exact) mass is 394 g/mol. The van der Waals surface area contributed by atoms with Gasteiger partial charge in [0.25, 0.3) is 5.91 Å². The van der Waals surface area contributed by atoms with Crippen LogP contribution in [0.25, 0.3) is 10.9 Å². The molecule has 3 nitrogen and oxygen atoms in total. The molecule has 0 atom stereocenters. The first-order chi connectivity index (χ1) is 10.1. The lowest BCUT2D eigenvalue weighted by Crippen LogP contribution is -2.23. The summed E-state index contributed by atoms with van der Waals surface area (Å²) in [6, 6.07) is 14.0. The van der Waals surface area contributed by atoms with Gasteiger partial charge in [-0.2, -0.15) is 0 Å². The van der Waals surface area contributed by atoms with Gasteiger partial charge >= 0.3 is 0 Å². The maximum Gasteiger partial charge on any atom is 0.267 e. The van der Waals surface area contributed by atoms with Gasteiger partial charge in [-0.15, -0.1) is 0 Å². The first-order valence-electron chi connectivity index (χ1n) is 6.43. The minimum absolute atomic E-state index is 0.203. The van der Waals surface area contributed by atoms with Crippen LogP contribution in [0, 0.1) is 9.39 Å². The smallest absolute Gasteiger partial charge is 0.267 e. The van der Waals surface area contributed by atoms with Crippen LogP contribution in [-0.4, -0.2) is 10.9 Å². The lowest BCUT2D eigenvalue weighted by molar-refractivity contribution is 0.0947. The van der Waals surface area contributed by atoms with E-state index in [1.807, 2.05) is 24.3 Å². The van der Waals surface area contributed by atoms with E-state index in [0.717, 1.165) is 14.7 Å². The molecular formula is C16H12FIN2O. The van der Waals surface area contributed by atoms with Gasteiger partial charge in [0, 0.05) is 21.0 Å². The predicted octanol–water partition coefficient (Wildman–Crippen LogP) is 3.84. The summed E-state index contributed by atoms with van der Waals surface area (Å²) in [6.07, 6.45) is 0. The van der Waals surface area contributed by atoms with Crippen LogP contribution in [-0.2, 0) is 6.54 Å². The number of nitrogens with one attached hydrogen (secondary N) is 2. The normalized spacial score (nSPS) is 10.8. The number of fused-ring (bicyclic) bond motifs is 1. The van der Waals surface area contributed by atoms with Gasteiger partial charge in [0.15, 0.2) is 0 Å². The number of H-pyrrole nitrogens is 1. The lowest BCUT2D eigenvalue weighted by Gasteiger charge is -2.04. The molecular weight excluding hydrogens is 382 g/mol. The summed E-state index contributed by atoms with van der Waals surface area (Å²) in [5.41, 5.74) is 2.22. The molecule has 0 saturated heterocycles. The minimum atomic E-state index is -0.313. The molecule has 0 aliphatic carbocycles. The molecule has 0 radical (unpaired) electrons. The Hall–Kier alpha value is -1.89. The Morgan fingerprint density at radius 1 is 1.19 bits per heavy atom. The van der Waals surface area contributed by atoms with Crippen LogP contribution in [0.5, 0.6) is 0 Å². The zero-order chi connectivity index (χ0) is 14.8. The molecule has 0 aliphatic rings. The van der Waals surface area contributed by atoms with E-state index in [4.69, 9.17) is 0 Å². The van der Waals surface area contributed by atoms with Crippen LogP contribution in [0.4, 0.5) is 4.39 Å². The molecule has 0 aliphatic heterocycles. The number of hydrogen-bond acceptors (Lipinski definition) is 1. The summed E-state index contributed by atoms with van der Waals surface area (Å²) in [5.74, 6) is -0.516. The van der Waals surface area contributed by atoms with Crippen LogP contribution < -0.4 is 5.32 Å². The highest BCUT2D eigenvalue weighted by Crippen LogP contribution is 2.16. The maximum atomic E-state index is 13.1. The first-order valence-corrected chi connectivity index (χ1v) is 7.50. The van der Waals surface area contributed by atoms with Gasteiger partial charge in [0.1, 0.15) is 11.5 Å². The fraction of sp³-hybridized carbons (Fsp3) is 0.0625. The van der Waals surface area contributed by atoms with Crippen LogP contribution in [0.3, 0.4) is 0 Å². The van der Waals surface area contributed by atoms with Crippen molar-refractivity contribution in [3.63, 3.8) is 0 Å². The fourth-order valence-corrected chi connectivity index (χ4v) is 2.76. The SMILES string of the molecule is O=C(NCc1cccc(I)c1)c1cc2cc(F)ccc2[nH]1. The Bertz CT molecular complexity index is 813. The third-order valence-corrected chi connectivity index (χ3v) is 3.84. The van der Waals surface area contributed by atoms with Crippen molar-refractivity contribution in [1.29, 1.82) is 0 Å². The van der Waals surface area contributed by atoms with Gasteiger partial charge in [0.2, 0.25) is 0 Å². The maximum absolute atomic E-state index is 13.1. The zero-order valence-electron chi connectivity index (χ0n) is 11.0. The first kappa shape index (κ1) is 14.1. The third kappa shape index (κ3) is 3.24. The Kier molecular flexibility index (Phi) is 3.92. The molecule has 1 heterocycles. The molecule has 2 N–H and O–H groups in total. The number of rotatable bonds is 3. The summed E-state index contributed by atoms with van der Waals surface area (Å²) >= 11 is 2.23. The molecule has 0 bridgehead atoms. The highest BCUT2D eigenvalue weighted by molar-refractivity contribution is 14.1. The number of carbonyl (C=O) groups is 1. The van der Waals surface area contributed by atoms with Crippen molar-refractivity contribution in [1.82, 2.24) is 10.3 Å². The molecule has 0 unspecified atom stereocenters. The van der Waals surface area contributed by atoms with Crippen molar-refractivity contribution < 1.29 is 9.18 Å². The molecule has 0 spiro atoms. The summed E-state index contributed by atoms with van der Waals surface area (Å²) in [6.45, 7) is 0.458. The van der Waals surface area contributed by atoms with Crippen molar-refractivity contribution >= 4 is 39.4 Å². The molecule has 5 heteroatoms. The number of hydrogen-bond donors (Lipinski definition) is 2. The summed E-state index contributed by atoms with van der Waals surface area (Å²) in [4.78, 5) is 15.1. The largest absolute Gasteiger partial charge is 0.351 e. The number of carbonyl (C=O) groups excluding carboxylic acids is 1. The van der Waals surface area contributed by atoms with Crippen molar-refractivity contribution in [3.8, 4) is 0 Å². The van der Waals surface area contributed by atoms with Crippen molar-refractivity contribution in [2.24, 2.45) is 0 Å². The van der Waals surface area contributed by atoms with E-state index in [1.165, 1.54) is 12.1 Å². The van der Waals surface area contributed by atoms with E-state index in [9.17, 15) is 9.18 Å². The van der Waals surface area contributed by atoms with Crippen molar-refractivity contribution in [2.45, 2.75) is 6.54 Å². The van der Waals surface area contributed by atoms with E-state index in [-0.39, 0.29) is 11.7 Å². The lowest BCUT2D eigenvalue weighted by atomic mass is 10.2. The summed E-state index contributed by atoms with van der Waals surface area (Å²) in [7, 11) is 0. The van der Waals surface area contributed by atoms with Crippen LogP contribution in [0.1, 0.15) is 16.1 Å². The highest BCUT2D eigenvalue weighted by atomic mass is 127. The number of halogens is 2. The second kappa shape index (κ2) is 5.85. The molecule has 3 rings (SSSR count). The standard InChI is InChI=1S/C16H12FIN2O/c17-12-4-5-14-11(7-12)8-15(20-14)16(21)19-9-10-2-1-3-13(18)6-10/h1-8,20H,9H2,(H,19,21). The topological polar surface area (TPSA) is 44.9 Å². The molecule has 21 heavy (non-hydrogen) atoms. The van der Waals surface area contributed by atoms with Crippen molar-refractivity contribution in [2.75, 3.05) is 0 Å². The van der Waals surface area contributed by atoms with Gasteiger partial charge in [-0.3, -0.25) is 4.79 Å². The number of aromatic amines is 1. The van der Waals surface area contributed by atoms with E-state index in [2.05, 4.69) is 32.9 Å². The molecule has 0 saturated carbocycles. The second-order valence-corrected chi connectivity index (χ2v) is 5.97. The van der Waals surface area contributed by atoms with Crippen LogP contribution in [0.15, 0.2) is 48.5 Å². The third-order valence-electron chi connectivity index (χ3n) is 3.17. The minimum Gasteiger partial charge on any atom is -0.351 e. The molecule has 106 valence electrons. The van der Waals surface area contributed by atoms with E-state index in [1.54, 1.807) is 12.1 Å². The molecule has 2 aromatic carbocycles. The number of amides is 1. The highest BCUT2D eigenvalue weighted by Gasteiger charge is 2.09. The Labute approximate surface area is 134 Å². The molecule has 0 fully saturated rings. The summed E-state index contributed by atoms with van der Waals surface area (Å²) < 4.78 is 14.3. The van der Waals surface area contributed by atoms with Gasteiger partial charge in [-0.1, -0.05) is 12.1 Å². The van der Waals surface area contributed by atoms with Crippen LogP contribution >= 0.6 is 22.6 Å². The molecule has 1 amide bonds. The Morgan fingerprint density at radius 2 is 2.05 bits per heavy atom. The Morgan fingerprint density at radius 3 is 2.86 bits per heavy atom. The van der Waals surface area contributed by atoms with Gasteiger partial charge < -0.3 is 10.3 Å². The van der Waals surface area contributed by atoms with E-state index >= 15 is 0 Å². The predicted molar refractivity (Wildman–Crippen MR) is 88.6 cm³/mol. The van der Waals surface area contributed by atoms with Crippen molar-refractivity contribution in [3.05, 3.63) is 69.2 Å². The van der Waals surface area contributed by atoms with Crippen LogP contribution in [0.2, 0.25) is 0 Å². The fourth-order valence-electron chi connectivity index (χ4n) is 2.15.